The van der Waals surface area contributed by atoms with Crippen molar-refractivity contribution in [2.45, 2.75) is 19.9 Å². The number of hydrogen-bond donors (Lipinski definition) is 1. The molecule has 0 heterocycles. The van der Waals surface area contributed by atoms with Gasteiger partial charge in [-0.05, 0) is 26.8 Å². The first-order valence-corrected chi connectivity index (χ1v) is 6.01. The van der Waals surface area contributed by atoms with Crippen LogP contribution in [-0.4, -0.2) is 49.6 Å². The molecule has 2 nitrogen and oxygen atoms in total. The molecular formula is C9H22N2S. The summed E-state index contributed by atoms with van der Waals surface area (Å²) >= 11 is 1.89. The fourth-order valence-corrected chi connectivity index (χ4v) is 1.39. The smallest absolute Gasteiger partial charge is 0.0166 e. The number of nitrogens with one attached hydrogen (secondary N) is 1. The Morgan fingerprint density at radius 2 is 2.17 bits per heavy atom. The Labute approximate surface area is 81.1 Å². The summed E-state index contributed by atoms with van der Waals surface area (Å²) < 4.78 is 0. The van der Waals surface area contributed by atoms with Gasteiger partial charge in [-0.1, -0.05) is 6.92 Å². The molecule has 0 saturated carbocycles. The van der Waals surface area contributed by atoms with E-state index >= 15 is 0 Å². The molecule has 0 saturated heterocycles. The van der Waals surface area contributed by atoms with Crippen molar-refractivity contribution in [3.05, 3.63) is 0 Å². The summed E-state index contributed by atoms with van der Waals surface area (Å²) in [6.07, 6.45) is 2.14. The van der Waals surface area contributed by atoms with Crippen molar-refractivity contribution in [2.24, 2.45) is 0 Å². The molecule has 0 aliphatic heterocycles. The lowest BCUT2D eigenvalue weighted by Crippen LogP contribution is -2.38. The Hall–Kier alpha value is 0.270. The van der Waals surface area contributed by atoms with Crippen molar-refractivity contribution < 1.29 is 0 Å². The molecule has 0 aromatic rings. The zero-order valence-corrected chi connectivity index (χ0v) is 9.58. The van der Waals surface area contributed by atoms with E-state index in [1.165, 1.54) is 5.75 Å². The van der Waals surface area contributed by atoms with E-state index in [0.717, 1.165) is 19.6 Å². The van der Waals surface area contributed by atoms with Crippen molar-refractivity contribution in [3.63, 3.8) is 0 Å². The Kier molecular flexibility index (Phi) is 8.07. The lowest BCUT2D eigenvalue weighted by molar-refractivity contribution is 0.313. The van der Waals surface area contributed by atoms with Gasteiger partial charge in [0, 0.05) is 24.9 Å². The van der Waals surface area contributed by atoms with Crippen molar-refractivity contribution in [1.29, 1.82) is 0 Å². The molecule has 0 rings (SSSR count). The predicted octanol–water partition coefficient (Wildman–Crippen LogP) is 1.28. The molecule has 0 amide bonds. The van der Waals surface area contributed by atoms with Crippen LogP contribution in [0.15, 0.2) is 0 Å². The number of hydrogen-bond acceptors (Lipinski definition) is 3. The van der Waals surface area contributed by atoms with Crippen molar-refractivity contribution in [1.82, 2.24) is 10.2 Å². The number of likely N-dealkylation sites (N-methyl/N-ethyl adjacent to an activating group) is 1. The third kappa shape index (κ3) is 6.95. The quantitative estimate of drug-likeness (QED) is 0.609. The highest BCUT2D eigenvalue weighted by Crippen LogP contribution is 1.91. The maximum Gasteiger partial charge on any atom is 0.0166 e. The van der Waals surface area contributed by atoms with Gasteiger partial charge < -0.3 is 10.2 Å². The minimum atomic E-state index is 0.613. The second-order valence-electron chi connectivity index (χ2n) is 3.20. The zero-order valence-electron chi connectivity index (χ0n) is 8.76. The number of nitrogens with zero attached hydrogens (tertiary/aromatic N) is 1. The van der Waals surface area contributed by atoms with Crippen molar-refractivity contribution >= 4 is 11.8 Å². The van der Waals surface area contributed by atoms with E-state index in [-0.39, 0.29) is 0 Å². The Morgan fingerprint density at radius 1 is 1.50 bits per heavy atom. The standard InChI is InChI=1S/C9H22N2S/c1-5-11(3)8-9(2)10-6-7-12-4/h9-10H,5-8H2,1-4H3. The zero-order chi connectivity index (χ0) is 9.40. The van der Waals surface area contributed by atoms with E-state index < -0.39 is 0 Å². The van der Waals surface area contributed by atoms with Crippen LogP contribution in [0.1, 0.15) is 13.8 Å². The Morgan fingerprint density at radius 3 is 2.67 bits per heavy atom. The van der Waals surface area contributed by atoms with Crippen LogP contribution in [0.3, 0.4) is 0 Å². The third-order valence-corrected chi connectivity index (χ3v) is 2.54. The van der Waals surface area contributed by atoms with Crippen LogP contribution in [0.5, 0.6) is 0 Å². The van der Waals surface area contributed by atoms with Gasteiger partial charge in [-0.15, -0.1) is 0 Å². The normalized spacial score (nSPS) is 13.8. The molecule has 0 radical (unpaired) electrons. The average Bonchev–Trinajstić information content (AvgIpc) is 2.05. The largest absolute Gasteiger partial charge is 0.312 e. The molecule has 1 unspecified atom stereocenters. The highest BCUT2D eigenvalue weighted by Gasteiger charge is 2.02. The summed E-state index contributed by atoms with van der Waals surface area (Å²) in [5, 5.41) is 3.49. The van der Waals surface area contributed by atoms with Crippen molar-refractivity contribution in [3.8, 4) is 0 Å². The van der Waals surface area contributed by atoms with Gasteiger partial charge in [-0.3, -0.25) is 0 Å². The van der Waals surface area contributed by atoms with Gasteiger partial charge in [-0.2, -0.15) is 11.8 Å². The van der Waals surface area contributed by atoms with Gasteiger partial charge in [0.1, 0.15) is 0 Å². The molecule has 3 heteroatoms. The fourth-order valence-electron chi connectivity index (χ4n) is 1.07. The molecule has 12 heavy (non-hydrogen) atoms. The van der Waals surface area contributed by atoms with Gasteiger partial charge in [-0.25, -0.2) is 0 Å². The molecule has 0 fully saturated rings. The first-order chi connectivity index (χ1) is 5.70. The Bertz CT molecular complexity index is 98.5. The molecule has 1 atom stereocenters. The second-order valence-corrected chi connectivity index (χ2v) is 4.19. The molecule has 0 spiro atoms. The number of thioether (sulfide) groups is 1. The molecule has 0 aliphatic rings. The average molecular weight is 190 g/mol. The van der Waals surface area contributed by atoms with E-state index in [2.05, 4.69) is 37.4 Å². The monoisotopic (exact) mass is 190 g/mol. The minimum Gasteiger partial charge on any atom is -0.312 e. The van der Waals surface area contributed by atoms with E-state index in [1.54, 1.807) is 0 Å². The van der Waals surface area contributed by atoms with Gasteiger partial charge in [0.05, 0.1) is 0 Å². The molecule has 74 valence electrons. The molecular weight excluding hydrogens is 168 g/mol. The minimum absolute atomic E-state index is 0.613. The van der Waals surface area contributed by atoms with Gasteiger partial charge in [0.25, 0.3) is 0 Å². The van der Waals surface area contributed by atoms with E-state index in [9.17, 15) is 0 Å². The summed E-state index contributed by atoms with van der Waals surface area (Å²) in [6, 6.07) is 0.613. The highest BCUT2D eigenvalue weighted by molar-refractivity contribution is 7.98. The lowest BCUT2D eigenvalue weighted by Gasteiger charge is -2.20. The predicted molar refractivity (Wildman–Crippen MR) is 59.0 cm³/mol. The summed E-state index contributed by atoms with van der Waals surface area (Å²) in [7, 11) is 2.16. The van der Waals surface area contributed by atoms with Gasteiger partial charge in [0.2, 0.25) is 0 Å². The number of rotatable bonds is 7. The van der Waals surface area contributed by atoms with Crippen LogP contribution in [0.25, 0.3) is 0 Å². The van der Waals surface area contributed by atoms with Crippen LogP contribution in [0.4, 0.5) is 0 Å². The van der Waals surface area contributed by atoms with E-state index in [4.69, 9.17) is 0 Å². The van der Waals surface area contributed by atoms with Crippen LogP contribution < -0.4 is 5.32 Å². The maximum absolute atomic E-state index is 3.49. The fraction of sp³-hybridized carbons (Fsp3) is 1.00. The Balaban J connectivity index is 3.26. The van der Waals surface area contributed by atoms with Crippen LogP contribution in [0.2, 0.25) is 0 Å². The molecule has 1 N–H and O–H groups in total. The van der Waals surface area contributed by atoms with Gasteiger partial charge >= 0.3 is 0 Å². The van der Waals surface area contributed by atoms with E-state index in [1.807, 2.05) is 11.8 Å². The van der Waals surface area contributed by atoms with E-state index in [0.29, 0.717) is 6.04 Å². The lowest BCUT2D eigenvalue weighted by atomic mass is 10.3. The summed E-state index contributed by atoms with van der Waals surface area (Å²) in [5.74, 6) is 1.21. The third-order valence-electron chi connectivity index (χ3n) is 1.92. The van der Waals surface area contributed by atoms with Crippen LogP contribution >= 0.6 is 11.8 Å². The molecule has 0 aliphatic carbocycles. The van der Waals surface area contributed by atoms with Crippen molar-refractivity contribution in [2.75, 3.05) is 38.7 Å². The molecule has 0 aromatic heterocycles. The SMILES string of the molecule is CCN(C)CC(C)NCCSC. The van der Waals surface area contributed by atoms with Crippen LogP contribution in [0, 0.1) is 0 Å². The highest BCUT2D eigenvalue weighted by atomic mass is 32.2. The summed E-state index contributed by atoms with van der Waals surface area (Å²) in [5.41, 5.74) is 0. The summed E-state index contributed by atoms with van der Waals surface area (Å²) in [4.78, 5) is 2.33. The second kappa shape index (κ2) is 7.90. The first-order valence-electron chi connectivity index (χ1n) is 4.61. The maximum atomic E-state index is 3.49. The summed E-state index contributed by atoms with van der Waals surface area (Å²) in [6.45, 7) is 7.83. The topological polar surface area (TPSA) is 15.3 Å². The molecule has 0 aromatic carbocycles. The molecule has 0 bridgehead atoms. The van der Waals surface area contributed by atoms with Crippen LogP contribution in [-0.2, 0) is 0 Å². The first kappa shape index (κ1) is 12.3. The van der Waals surface area contributed by atoms with Gasteiger partial charge in [0.15, 0.2) is 0 Å².